The highest BCUT2D eigenvalue weighted by Crippen LogP contribution is 2.19. The molecule has 2 rings (SSSR count). The molecule has 0 bridgehead atoms. The van der Waals surface area contributed by atoms with Gasteiger partial charge in [-0.05, 0) is 58.2 Å². The van der Waals surface area contributed by atoms with E-state index < -0.39 is 5.60 Å². The van der Waals surface area contributed by atoms with Crippen molar-refractivity contribution in [2.75, 3.05) is 26.7 Å². The van der Waals surface area contributed by atoms with E-state index in [1.54, 1.807) is 4.90 Å². The smallest absolute Gasteiger partial charge is 0.410 e. The summed E-state index contributed by atoms with van der Waals surface area (Å²) in [5, 5.41) is 0. The van der Waals surface area contributed by atoms with Crippen molar-refractivity contribution in [2.24, 2.45) is 5.92 Å². The van der Waals surface area contributed by atoms with Gasteiger partial charge in [-0.1, -0.05) is 6.07 Å². The van der Waals surface area contributed by atoms with E-state index in [2.05, 4.69) is 16.0 Å². The van der Waals surface area contributed by atoms with Gasteiger partial charge in [0.2, 0.25) is 0 Å². The average Bonchev–Trinajstić information content (AvgIpc) is 2.47. The molecule has 1 aromatic heterocycles. The minimum atomic E-state index is -0.442. The predicted molar refractivity (Wildman–Crippen MR) is 91.1 cm³/mol. The van der Waals surface area contributed by atoms with Gasteiger partial charge in [0, 0.05) is 32.9 Å². The Morgan fingerprint density at radius 1 is 1.43 bits per heavy atom. The van der Waals surface area contributed by atoms with E-state index in [1.807, 2.05) is 46.1 Å². The Bertz CT molecular complexity index is 499. The Morgan fingerprint density at radius 3 is 2.87 bits per heavy atom. The molecule has 0 aromatic carbocycles. The zero-order valence-electron chi connectivity index (χ0n) is 14.8. The zero-order valence-corrected chi connectivity index (χ0v) is 14.8. The van der Waals surface area contributed by atoms with Gasteiger partial charge in [0.25, 0.3) is 0 Å². The third-order valence-electron chi connectivity index (χ3n) is 3.95. The van der Waals surface area contributed by atoms with Crippen molar-refractivity contribution >= 4 is 6.09 Å². The van der Waals surface area contributed by atoms with Crippen LogP contribution in [0.15, 0.2) is 24.4 Å². The Labute approximate surface area is 139 Å². The summed E-state index contributed by atoms with van der Waals surface area (Å²) in [4.78, 5) is 20.6. The van der Waals surface area contributed by atoms with Crippen LogP contribution in [0.2, 0.25) is 0 Å². The first-order valence-corrected chi connectivity index (χ1v) is 8.40. The number of pyridine rings is 1. The van der Waals surface area contributed by atoms with Crippen molar-refractivity contribution in [3.8, 4) is 0 Å². The third-order valence-corrected chi connectivity index (χ3v) is 3.95. The number of ether oxygens (including phenoxy) is 1. The minimum absolute atomic E-state index is 0.237. The fraction of sp³-hybridized carbons (Fsp3) is 0.667. The number of amides is 1. The molecule has 1 aliphatic rings. The number of piperidine rings is 1. The molecular weight excluding hydrogens is 290 g/mol. The average molecular weight is 319 g/mol. The molecule has 1 amide bonds. The summed E-state index contributed by atoms with van der Waals surface area (Å²) < 4.78 is 5.43. The van der Waals surface area contributed by atoms with Crippen LogP contribution in [-0.4, -0.2) is 53.2 Å². The molecule has 5 heteroatoms. The van der Waals surface area contributed by atoms with Crippen LogP contribution in [0.1, 0.15) is 39.3 Å². The molecule has 0 spiro atoms. The molecular formula is C18H29N3O2. The first-order chi connectivity index (χ1) is 10.8. The molecule has 1 unspecified atom stereocenters. The maximum Gasteiger partial charge on any atom is 0.410 e. The molecule has 128 valence electrons. The maximum absolute atomic E-state index is 12.1. The fourth-order valence-electron chi connectivity index (χ4n) is 2.97. The second-order valence-electron chi connectivity index (χ2n) is 7.43. The van der Waals surface area contributed by atoms with Crippen LogP contribution in [0.4, 0.5) is 4.79 Å². The number of likely N-dealkylation sites (tertiary alicyclic amines) is 1. The van der Waals surface area contributed by atoms with Crippen LogP contribution in [0, 0.1) is 5.92 Å². The molecule has 2 heterocycles. The van der Waals surface area contributed by atoms with Gasteiger partial charge in [0.1, 0.15) is 5.60 Å². The number of hydrogen-bond donors (Lipinski definition) is 0. The Morgan fingerprint density at radius 2 is 2.22 bits per heavy atom. The highest BCUT2D eigenvalue weighted by molar-refractivity contribution is 5.67. The lowest BCUT2D eigenvalue weighted by molar-refractivity contribution is 0.0241. The number of rotatable bonds is 4. The third kappa shape index (κ3) is 6.18. The van der Waals surface area contributed by atoms with Crippen molar-refractivity contribution in [1.82, 2.24) is 14.8 Å². The number of carbonyl (C=O) groups excluding carboxylic acids is 1. The standard InChI is InChI=1S/C18H29N3O2/c1-18(2,3)23-17(22)20(4)12-15-8-7-11-21(13-15)14-16-9-5-6-10-19-16/h5-6,9-10,15H,7-8,11-14H2,1-4H3. The number of nitrogens with zero attached hydrogens (tertiary/aromatic N) is 3. The van der Waals surface area contributed by atoms with E-state index in [0.29, 0.717) is 5.92 Å². The lowest BCUT2D eigenvalue weighted by atomic mass is 9.97. The Hall–Kier alpha value is -1.62. The van der Waals surface area contributed by atoms with Gasteiger partial charge >= 0.3 is 6.09 Å². The van der Waals surface area contributed by atoms with Gasteiger partial charge in [-0.25, -0.2) is 4.79 Å². The van der Waals surface area contributed by atoms with Gasteiger partial charge < -0.3 is 9.64 Å². The van der Waals surface area contributed by atoms with Crippen LogP contribution in [-0.2, 0) is 11.3 Å². The molecule has 1 aromatic rings. The monoisotopic (exact) mass is 319 g/mol. The SMILES string of the molecule is CN(CC1CCCN(Cc2ccccn2)C1)C(=O)OC(C)(C)C. The molecule has 5 nitrogen and oxygen atoms in total. The van der Waals surface area contributed by atoms with Crippen LogP contribution in [0.25, 0.3) is 0 Å². The summed E-state index contributed by atoms with van der Waals surface area (Å²) in [7, 11) is 1.83. The quantitative estimate of drug-likeness (QED) is 0.855. The van der Waals surface area contributed by atoms with Gasteiger partial charge in [0.05, 0.1) is 5.69 Å². The molecule has 23 heavy (non-hydrogen) atoms. The van der Waals surface area contributed by atoms with Crippen molar-refractivity contribution < 1.29 is 9.53 Å². The van der Waals surface area contributed by atoms with Crippen molar-refractivity contribution in [1.29, 1.82) is 0 Å². The number of aromatic nitrogens is 1. The van der Waals surface area contributed by atoms with Gasteiger partial charge in [0.15, 0.2) is 0 Å². The van der Waals surface area contributed by atoms with Gasteiger partial charge in [-0.2, -0.15) is 0 Å². The fourth-order valence-corrected chi connectivity index (χ4v) is 2.97. The molecule has 1 saturated heterocycles. The summed E-state index contributed by atoms with van der Waals surface area (Å²) in [5.74, 6) is 0.491. The summed E-state index contributed by atoms with van der Waals surface area (Å²) in [6.45, 7) is 9.42. The summed E-state index contributed by atoms with van der Waals surface area (Å²) in [5.41, 5.74) is 0.664. The maximum atomic E-state index is 12.1. The molecule has 0 N–H and O–H groups in total. The molecule has 0 aliphatic carbocycles. The Balaban J connectivity index is 1.82. The predicted octanol–water partition coefficient (Wildman–Crippen LogP) is 3.16. The first kappa shape index (κ1) is 17.7. The zero-order chi connectivity index (χ0) is 16.9. The minimum Gasteiger partial charge on any atom is -0.444 e. The lowest BCUT2D eigenvalue weighted by Gasteiger charge is -2.35. The van der Waals surface area contributed by atoms with Crippen molar-refractivity contribution in [3.05, 3.63) is 30.1 Å². The highest BCUT2D eigenvalue weighted by atomic mass is 16.6. The van der Waals surface area contributed by atoms with Gasteiger partial charge in [-0.15, -0.1) is 0 Å². The highest BCUT2D eigenvalue weighted by Gasteiger charge is 2.25. The van der Waals surface area contributed by atoms with E-state index in [4.69, 9.17) is 4.74 Å². The second-order valence-corrected chi connectivity index (χ2v) is 7.43. The number of hydrogen-bond acceptors (Lipinski definition) is 4. The summed E-state index contributed by atoms with van der Waals surface area (Å²) >= 11 is 0. The first-order valence-electron chi connectivity index (χ1n) is 8.40. The van der Waals surface area contributed by atoms with Gasteiger partial charge in [-0.3, -0.25) is 9.88 Å². The van der Waals surface area contributed by atoms with E-state index in [1.165, 1.54) is 6.42 Å². The van der Waals surface area contributed by atoms with E-state index in [-0.39, 0.29) is 6.09 Å². The van der Waals surface area contributed by atoms with E-state index in [9.17, 15) is 4.79 Å². The molecule has 1 fully saturated rings. The van der Waals surface area contributed by atoms with Crippen LogP contribution in [0.3, 0.4) is 0 Å². The van der Waals surface area contributed by atoms with Crippen LogP contribution >= 0.6 is 0 Å². The van der Waals surface area contributed by atoms with Crippen LogP contribution in [0.5, 0.6) is 0 Å². The molecule has 1 atom stereocenters. The largest absolute Gasteiger partial charge is 0.444 e. The summed E-state index contributed by atoms with van der Waals surface area (Å²) in [6, 6.07) is 6.04. The number of carbonyl (C=O) groups is 1. The molecule has 0 saturated carbocycles. The lowest BCUT2D eigenvalue weighted by Crippen LogP contribution is -2.42. The normalized spacial score (nSPS) is 19.4. The van der Waals surface area contributed by atoms with Crippen molar-refractivity contribution in [2.45, 2.75) is 45.8 Å². The van der Waals surface area contributed by atoms with Crippen LogP contribution < -0.4 is 0 Å². The molecule has 1 aliphatic heterocycles. The topological polar surface area (TPSA) is 45.7 Å². The summed E-state index contributed by atoms with van der Waals surface area (Å²) in [6.07, 6.45) is 3.93. The van der Waals surface area contributed by atoms with E-state index >= 15 is 0 Å². The Kier molecular flexibility index (Phi) is 5.99. The second kappa shape index (κ2) is 7.77. The van der Waals surface area contributed by atoms with E-state index in [0.717, 1.165) is 38.3 Å². The molecule has 0 radical (unpaired) electrons. The van der Waals surface area contributed by atoms with Crippen molar-refractivity contribution in [3.63, 3.8) is 0 Å².